The van der Waals surface area contributed by atoms with Gasteiger partial charge in [-0.15, -0.1) is 0 Å². The number of likely N-dealkylation sites (tertiary alicyclic amines) is 1. The Morgan fingerprint density at radius 1 is 1.50 bits per heavy atom. The highest BCUT2D eigenvalue weighted by Crippen LogP contribution is 2.22. The summed E-state index contributed by atoms with van der Waals surface area (Å²) in [5.74, 6) is -0.700. The number of carbonyl (C=O) groups is 1. The molecular weight excluding hydrogens is 204 g/mol. The molecule has 1 aliphatic carbocycles. The first-order valence-corrected chi connectivity index (χ1v) is 6.43. The Morgan fingerprint density at radius 3 is 2.81 bits per heavy atom. The predicted molar refractivity (Wildman–Crippen MR) is 62.5 cm³/mol. The smallest absolute Gasteiger partial charge is 0.322 e. The van der Waals surface area contributed by atoms with E-state index in [0.717, 1.165) is 25.8 Å². The van der Waals surface area contributed by atoms with E-state index >= 15 is 0 Å². The van der Waals surface area contributed by atoms with Gasteiger partial charge in [-0.3, -0.25) is 9.69 Å². The van der Waals surface area contributed by atoms with Crippen molar-refractivity contribution in [2.75, 3.05) is 13.1 Å². The molecule has 2 atom stereocenters. The summed E-state index contributed by atoms with van der Waals surface area (Å²) in [6, 6.07) is 0.686. The molecule has 92 valence electrons. The first kappa shape index (κ1) is 11.9. The lowest BCUT2D eigenvalue weighted by Crippen LogP contribution is -2.48. The van der Waals surface area contributed by atoms with Gasteiger partial charge in [-0.25, -0.2) is 0 Å². The summed E-state index contributed by atoms with van der Waals surface area (Å²) in [5.41, 5.74) is 0. The van der Waals surface area contributed by atoms with Gasteiger partial charge in [-0.05, 0) is 38.6 Å². The molecule has 0 spiro atoms. The van der Waals surface area contributed by atoms with Gasteiger partial charge < -0.3 is 10.4 Å². The highest BCUT2D eigenvalue weighted by atomic mass is 16.4. The molecule has 0 aromatic heterocycles. The molecule has 1 saturated heterocycles. The monoisotopic (exact) mass is 226 g/mol. The normalized spacial score (nSPS) is 28.2. The summed E-state index contributed by atoms with van der Waals surface area (Å²) < 4.78 is 0. The van der Waals surface area contributed by atoms with Crippen molar-refractivity contribution in [2.45, 2.75) is 57.2 Å². The summed E-state index contributed by atoms with van der Waals surface area (Å²) in [7, 11) is 0. The Hall–Kier alpha value is -0.610. The molecule has 2 aliphatic rings. The van der Waals surface area contributed by atoms with E-state index in [1.807, 2.05) is 0 Å². The maximum atomic E-state index is 11.2. The highest BCUT2D eigenvalue weighted by Gasteiger charge is 2.32. The molecular formula is C12H22N2O2. The summed E-state index contributed by atoms with van der Waals surface area (Å²) in [6.07, 6.45) is 5.86. The van der Waals surface area contributed by atoms with Crippen LogP contribution in [0.2, 0.25) is 0 Å². The Bertz CT molecular complexity index is 253. The standard InChI is InChI=1S/C12H22N2O2/c1-2-10-4-3-7-14(10)8-11(12(15)16)13-9-5-6-9/h9-11,13H,2-8H2,1H3,(H,15,16). The van der Waals surface area contributed by atoms with Gasteiger partial charge in [0.1, 0.15) is 6.04 Å². The zero-order valence-electron chi connectivity index (χ0n) is 9.98. The lowest BCUT2D eigenvalue weighted by atomic mass is 10.1. The molecule has 4 nitrogen and oxygen atoms in total. The van der Waals surface area contributed by atoms with Crippen LogP contribution in [-0.4, -0.2) is 47.2 Å². The Kier molecular flexibility index (Phi) is 3.82. The van der Waals surface area contributed by atoms with Gasteiger partial charge in [-0.2, -0.15) is 0 Å². The fraction of sp³-hybridized carbons (Fsp3) is 0.917. The second kappa shape index (κ2) is 5.15. The molecule has 0 radical (unpaired) electrons. The molecule has 0 aromatic rings. The zero-order chi connectivity index (χ0) is 11.5. The summed E-state index contributed by atoms with van der Waals surface area (Å²) in [5, 5.41) is 12.4. The molecule has 2 rings (SSSR count). The molecule has 1 saturated carbocycles. The van der Waals surface area contributed by atoms with Crippen molar-refractivity contribution >= 4 is 5.97 Å². The lowest BCUT2D eigenvalue weighted by Gasteiger charge is -2.27. The second-order valence-electron chi connectivity index (χ2n) is 5.03. The van der Waals surface area contributed by atoms with Gasteiger partial charge in [0.15, 0.2) is 0 Å². The van der Waals surface area contributed by atoms with E-state index in [1.54, 1.807) is 0 Å². The number of rotatable bonds is 6. The molecule has 0 amide bonds. The van der Waals surface area contributed by atoms with Gasteiger partial charge in [0.05, 0.1) is 0 Å². The first-order valence-electron chi connectivity index (χ1n) is 6.43. The van der Waals surface area contributed by atoms with E-state index in [9.17, 15) is 9.90 Å². The minimum Gasteiger partial charge on any atom is -0.480 e. The highest BCUT2D eigenvalue weighted by molar-refractivity contribution is 5.73. The van der Waals surface area contributed by atoms with Crippen molar-refractivity contribution in [3.05, 3.63) is 0 Å². The van der Waals surface area contributed by atoms with Crippen LogP contribution in [-0.2, 0) is 4.79 Å². The average Bonchev–Trinajstić information content (AvgIpc) is 2.95. The predicted octanol–water partition coefficient (Wildman–Crippen LogP) is 1.07. The number of carboxylic acids is 1. The molecule has 1 aliphatic heterocycles. The quantitative estimate of drug-likeness (QED) is 0.711. The van der Waals surface area contributed by atoms with Crippen LogP contribution in [0.5, 0.6) is 0 Å². The number of aliphatic carboxylic acids is 1. The Morgan fingerprint density at radius 2 is 2.25 bits per heavy atom. The summed E-state index contributed by atoms with van der Waals surface area (Å²) in [6.45, 7) is 3.92. The molecule has 1 heterocycles. The van der Waals surface area contributed by atoms with Crippen LogP contribution in [0.15, 0.2) is 0 Å². The second-order valence-corrected chi connectivity index (χ2v) is 5.03. The van der Waals surface area contributed by atoms with Gasteiger partial charge in [-0.1, -0.05) is 6.92 Å². The summed E-state index contributed by atoms with van der Waals surface area (Å²) >= 11 is 0. The Labute approximate surface area is 97.0 Å². The SMILES string of the molecule is CCC1CCCN1CC(NC1CC1)C(=O)O. The number of carboxylic acid groups (broad SMARTS) is 1. The zero-order valence-corrected chi connectivity index (χ0v) is 9.98. The van der Waals surface area contributed by atoms with Gasteiger partial charge in [0.25, 0.3) is 0 Å². The molecule has 2 unspecified atom stereocenters. The Balaban J connectivity index is 1.85. The third kappa shape index (κ3) is 2.95. The van der Waals surface area contributed by atoms with Crippen molar-refractivity contribution in [1.29, 1.82) is 0 Å². The van der Waals surface area contributed by atoms with Crippen molar-refractivity contribution in [3.63, 3.8) is 0 Å². The van der Waals surface area contributed by atoms with Crippen LogP contribution in [0.4, 0.5) is 0 Å². The van der Waals surface area contributed by atoms with E-state index < -0.39 is 5.97 Å². The maximum Gasteiger partial charge on any atom is 0.322 e. The van der Waals surface area contributed by atoms with E-state index in [1.165, 1.54) is 12.8 Å². The molecule has 16 heavy (non-hydrogen) atoms. The van der Waals surface area contributed by atoms with Crippen LogP contribution in [0, 0.1) is 0 Å². The number of nitrogens with zero attached hydrogens (tertiary/aromatic N) is 1. The molecule has 2 fully saturated rings. The summed E-state index contributed by atoms with van der Waals surface area (Å²) in [4.78, 5) is 13.5. The minimum atomic E-state index is -0.700. The number of hydrogen-bond acceptors (Lipinski definition) is 3. The van der Waals surface area contributed by atoms with Crippen LogP contribution in [0.3, 0.4) is 0 Å². The number of hydrogen-bond donors (Lipinski definition) is 2. The van der Waals surface area contributed by atoms with Crippen LogP contribution in [0.25, 0.3) is 0 Å². The van der Waals surface area contributed by atoms with Gasteiger partial charge in [0, 0.05) is 18.6 Å². The minimum absolute atomic E-state index is 0.375. The van der Waals surface area contributed by atoms with E-state index in [2.05, 4.69) is 17.1 Å². The van der Waals surface area contributed by atoms with Crippen LogP contribution in [0.1, 0.15) is 39.0 Å². The first-order chi connectivity index (χ1) is 7.70. The van der Waals surface area contributed by atoms with E-state index in [-0.39, 0.29) is 6.04 Å². The molecule has 2 N–H and O–H groups in total. The largest absolute Gasteiger partial charge is 0.480 e. The molecule has 0 bridgehead atoms. The van der Waals surface area contributed by atoms with Gasteiger partial charge >= 0.3 is 5.97 Å². The van der Waals surface area contributed by atoms with Crippen molar-refractivity contribution in [3.8, 4) is 0 Å². The van der Waals surface area contributed by atoms with Gasteiger partial charge in [0.2, 0.25) is 0 Å². The lowest BCUT2D eigenvalue weighted by molar-refractivity contribution is -0.140. The molecule has 4 heteroatoms. The number of nitrogens with one attached hydrogen (secondary N) is 1. The van der Waals surface area contributed by atoms with Crippen molar-refractivity contribution in [1.82, 2.24) is 10.2 Å². The van der Waals surface area contributed by atoms with Crippen molar-refractivity contribution < 1.29 is 9.90 Å². The van der Waals surface area contributed by atoms with Crippen molar-refractivity contribution in [2.24, 2.45) is 0 Å². The van der Waals surface area contributed by atoms with Crippen LogP contribution >= 0.6 is 0 Å². The van der Waals surface area contributed by atoms with E-state index in [0.29, 0.717) is 18.6 Å². The fourth-order valence-corrected chi connectivity index (χ4v) is 2.57. The average molecular weight is 226 g/mol. The fourth-order valence-electron chi connectivity index (χ4n) is 2.57. The maximum absolute atomic E-state index is 11.2. The molecule has 0 aromatic carbocycles. The van der Waals surface area contributed by atoms with E-state index in [4.69, 9.17) is 0 Å². The third-order valence-corrected chi connectivity index (χ3v) is 3.70. The third-order valence-electron chi connectivity index (χ3n) is 3.70. The van der Waals surface area contributed by atoms with Crippen LogP contribution < -0.4 is 5.32 Å². The topological polar surface area (TPSA) is 52.6 Å².